The fourth-order valence-corrected chi connectivity index (χ4v) is 2.76. The standard InChI is InChI=1S/C12H15NO3S/c14-12-8-11(9-12)13-17(15,16)7-6-10-4-2-1-3-5-10/h1-7,11-14H,8-9H2. The lowest BCUT2D eigenvalue weighted by molar-refractivity contribution is 0.0713. The van der Waals surface area contributed by atoms with Crippen LogP contribution in [0.15, 0.2) is 35.7 Å². The molecule has 17 heavy (non-hydrogen) atoms. The van der Waals surface area contributed by atoms with E-state index in [1.807, 2.05) is 30.3 Å². The number of hydrogen-bond donors (Lipinski definition) is 2. The molecule has 1 aromatic rings. The molecular weight excluding hydrogens is 238 g/mol. The highest BCUT2D eigenvalue weighted by Crippen LogP contribution is 2.20. The van der Waals surface area contributed by atoms with Crippen LogP contribution in [0, 0.1) is 0 Å². The van der Waals surface area contributed by atoms with E-state index < -0.39 is 10.0 Å². The molecule has 0 heterocycles. The van der Waals surface area contributed by atoms with Gasteiger partial charge in [-0.3, -0.25) is 0 Å². The molecule has 0 radical (unpaired) electrons. The second-order valence-electron chi connectivity index (χ2n) is 4.20. The summed E-state index contributed by atoms with van der Waals surface area (Å²) in [5, 5.41) is 10.2. The molecule has 92 valence electrons. The van der Waals surface area contributed by atoms with Crippen LogP contribution in [0.5, 0.6) is 0 Å². The average Bonchev–Trinajstić information content (AvgIpc) is 2.26. The summed E-state index contributed by atoms with van der Waals surface area (Å²) in [5.74, 6) is 0. The number of nitrogens with one attached hydrogen (secondary N) is 1. The largest absolute Gasteiger partial charge is 0.393 e. The lowest BCUT2D eigenvalue weighted by Crippen LogP contribution is -2.46. The van der Waals surface area contributed by atoms with Crippen molar-refractivity contribution < 1.29 is 13.5 Å². The van der Waals surface area contributed by atoms with Gasteiger partial charge in [-0.15, -0.1) is 0 Å². The van der Waals surface area contributed by atoms with Gasteiger partial charge in [-0.05, 0) is 24.5 Å². The molecule has 0 unspecified atom stereocenters. The maximum Gasteiger partial charge on any atom is 0.233 e. The fourth-order valence-electron chi connectivity index (χ4n) is 1.69. The van der Waals surface area contributed by atoms with E-state index in [0.29, 0.717) is 12.8 Å². The Hall–Kier alpha value is -1.17. The normalized spacial score (nSPS) is 24.8. The van der Waals surface area contributed by atoms with Crippen molar-refractivity contribution in [2.45, 2.75) is 25.0 Å². The smallest absolute Gasteiger partial charge is 0.233 e. The summed E-state index contributed by atoms with van der Waals surface area (Å²) in [6.45, 7) is 0. The quantitative estimate of drug-likeness (QED) is 0.844. The van der Waals surface area contributed by atoms with Crippen LogP contribution in [-0.4, -0.2) is 25.7 Å². The Morgan fingerprint density at radius 1 is 1.24 bits per heavy atom. The Labute approximate surface area is 101 Å². The summed E-state index contributed by atoms with van der Waals surface area (Å²) in [4.78, 5) is 0. The summed E-state index contributed by atoms with van der Waals surface area (Å²) in [6, 6.07) is 9.11. The molecule has 0 amide bonds. The van der Waals surface area contributed by atoms with Crippen molar-refractivity contribution in [2.24, 2.45) is 0 Å². The van der Waals surface area contributed by atoms with Crippen LogP contribution >= 0.6 is 0 Å². The lowest BCUT2D eigenvalue weighted by atomic mass is 9.91. The average molecular weight is 253 g/mol. The molecule has 2 rings (SSSR count). The monoisotopic (exact) mass is 253 g/mol. The minimum Gasteiger partial charge on any atom is -0.393 e. The molecule has 1 aliphatic carbocycles. The number of aliphatic hydroxyl groups excluding tert-OH is 1. The van der Waals surface area contributed by atoms with Gasteiger partial charge >= 0.3 is 0 Å². The molecule has 1 fully saturated rings. The van der Waals surface area contributed by atoms with Gasteiger partial charge in [-0.2, -0.15) is 0 Å². The zero-order valence-electron chi connectivity index (χ0n) is 9.28. The van der Waals surface area contributed by atoms with Gasteiger partial charge in [0, 0.05) is 11.4 Å². The van der Waals surface area contributed by atoms with Crippen LogP contribution < -0.4 is 4.72 Å². The Bertz CT molecular complexity index is 490. The molecule has 0 saturated heterocycles. The fraction of sp³-hybridized carbons (Fsp3) is 0.333. The van der Waals surface area contributed by atoms with E-state index >= 15 is 0 Å². The molecule has 5 heteroatoms. The van der Waals surface area contributed by atoms with E-state index in [-0.39, 0.29) is 12.1 Å². The number of aliphatic hydroxyl groups is 1. The van der Waals surface area contributed by atoms with Crippen LogP contribution in [-0.2, 0) is 10.0 Å². The van der Waals surface area contributed by atoms with Gasteiger partial charge in [0.1, 0.15) is 0 Å². The van der Waals surface area contributed by atoms with E-state index in [1.165, 1.54) is 0 Å². The van der Waals surface area contributed by atoms with Crippen LogP contribution in [0.25, 0.3) is 6.08 Å². The van der Waals surface area contributed by atoms with Crippen molar-refractivity contribution in [3.63, 3.8) is 0 Å². The minimum atomic E-state index is -3.40. The maximum atomic E-state index is 11.6. The van der Waals surface area contributed by atoms with Crippen molar-refractivity contribution in [3.05, 3.63) is 41.3 Å². The summed E-state index contributed by atoms with van der Waals surface area (Å²) in [7, 11) is -3.40. The van der Waals surface area contributed by atoms with Crippen molar-refractivity contribution in [1.82, 2.24) is 4.72 Å². The Morgan fingerprint density at radius 2 is 1.88 bits per heavy atom. The zero-order valence-corrected chi connectivity index (χ0v) is 10.1. The van der Waals surface area contributed by atoms with Gasteiger partial charge < -0.3 is 5.11 Å². The Balaban J connectivity index is 1.95. The molecule has 4 nitrogen and oxygen atoms in total. The summed E-state index contributed by atoms with van der Waals surface area (Å²) in [6.07, 6.45) is 2.19. The lowest BCUT2D eigenvalue weighted by Gasteiger charge is -2.31. The third kappa shape index (κ3) is 3.66. The highest BCUT2D eigenvalue weighted by atomic mass is 32.2. The third-order valence-corrected chi connectivity index (χ3v) is 3.84. The molecule has 1 aromatic carbocycles. The van der Waals surface area contributed by atoms with E-state index in [0.717, 1.165) is 11.0 Å². The Kier molecular flexibility index (Phi) is 3.61. The number of benzene rings is 1. The van der Waals surface area contributed by atoms with Gasteiger partial charge in [-0.1, -0.05) is 30.3 Å². The van der Waals surface area contributed by atoms with Crippen LogP contribution in [0.1, 0.15) is 18.4 Å². The molecule has 1 aliphatic rings. The molecular formula is C12H15NO3S. The second kappa shape index (κ2) is 5.00. The number of sulfonamides is 1. The Morgan fingerprint density at radius 3 is 2.47 bits per heavy atom. The van der Waals surface area contributed by atoms with E-state index in [1.54, 1.807) is 6.08 Å². The van der Waals surface area contributed by atoms with Gasteiger partial charge in [0.05, 0.1) is 6.10 Å². The van der Waals surface area contributed by atoms with Crippen molar-refractivity contribution >= 4 is 16.1 Å². The first-order valence-electron chi connectivity index (χ1n) is 5.49. The topological polar surface area (TPSA) is 66.4 Å². The van der Waals surface area contributed by atoms with Gasteiger partial charge in [0.2, 0.25) is 10.0 Å². The van der Waals surface area contributed by atoms with Crippen molar-refractivity contribution in [1.29, 1.82) is 0 Å². The van der Waals surface area contributed by atoms with Crippen LogP contribution in [0.3, 0.4) is 0 Å². The third-order valence-electron chi connectivity index (χ3n) is 2.68. The molecule has 2 N–H and O–H groups in total. The van der Waals surface area contributed by atoms with E-state index in [2.05, 4.69) is 4.72 Å². The van der Waals surface area contributed by atoms with Crippen LogP contribution in [0.2, 0.25) is 0 Å². The molecule has 0 spiro atoms. The highest BCUT2D eigenvalue weighted by Gasteiger charge is 2.29. The molecule has 0 bridgehead atoms. The molecule has 0 atom stereocenters. The van der Waals surface area contributed by atoms with Gasteiger partial charge in [0.15, 0.2) is 0 Å². The van der Waals surface area contributed by atoms with E-state index in [9.17, 15) is 8.42 Å². The van der Waals surface area contributed by atoms with Gasteiger partial charge in [0.25, 0.3) is 0 Å². The number of rotatable bonds is 4. The second-order valence-corrected chi connectivity index (χ2v) is 5.80. The SMILES string of the molecule is O=S(=O)(C=Cc1ccccc1)NC1CC(O)C1. The van der Waals surface area contributed by atoms with Crippen molar-refractivity contribution in [2.75, 3.05) is 0 Å². The minimum absolute atomic E-state index is 0.129. The molecule has 0 aliphatic heterocycles. The number of hydrogen-bond acceptors (Lipinski definition) is 3. The van der Waals surface area contributed by atoms with Crippen molar-refractivity contribution in [3.8, 4) is 0 Å². The molecule has 0 aromatic heterocycles. The predicted molar refractivity (Wildman–Crippen MR) is 66.6 cm³/mol. The first kappa shape index (κ1) is 12.3. The molecule has 1 saturated carbocycles. The maximum absolute atomic E-state index is 11.6. The predicted octanol–water partition coefficient (Wildman–Crippen LogP) is 1.10. The zero-order chi connectivity index (χ0) is 12.3. The summed E-state index contributed by atoms with van der Waals surface area (Å²) < 4.78 is 25.8. The van der Waals surface area contributed by atoms with Gasteiger partial charge in [-0.25, -0.2) is 13.1 Å². The first-order valence-corrected chi connectivity index (χ1v) is 7.03. The summed E-state index contributed by atoms with van der Waals surface area (Å²) >= 11 is 0. The summed E-state index contributed by atoms with van der Waals surface area (Å²) in [5.41, 5.74) is 0.839. The first-order chi connectivity index (χ1) is 8.05. The van der Waals surface area contributed by atoms with Crippen LogP contribution in [0.4, 0.5) is 0 Å². The highest BCUT2D eigenvalue weighted by molar-refractivity contribution is 7.92. The van der Waals surface area contributed by atoms with E-state index in [4.69, 9.17) is 5.11 Å².